The van der Waals surface area contributed by atoms with Crippen LogP contribution in [0.4, 0.5) is 10.2 Å². The maximum absolute atomic E-state index is 14.3. The third-order valence-electron chi connectivity index (χ3n) is 5.00. The lowest BCUT2D eigenvalue weighted by Gasteiger charge is -2.19. The van der Waals surface area contributed by atoms with E-state index in [1.165, 1.54) is 6.07 Å². The fraction of sp³-hybridized carbons (Fsp3) is 0.350. The predicted molar refractivity (Wildman–Crippen MR) is 98.5 cm³/mol. The normalized spacial score (nSPS) is 22.3. The average Bonchev–Trinajstić information content (AvgIpc) is 3.31. The zero-order valence-electron chi connectivity index (χ0n) is 14.7. The zero-order valence-corrected chi connectivity index (χ0v) is 14.7. The first-order chi connectivity index (χ1) is 12.7. The van der Waals surface area contributed by atoms with Gasteiger partial charge in [-0.1, -0.05) is 12.1 Å². The Hall–Kier alpha value is -2.60. The quantitative estimate of drug-likeness (QED) is 0.883. The standard InChI is InChI=1S/C20H22FN3O2/c1-26-18-6-2-4-15(21)20(18)13-10-17(22-11-13)16-5-3-7-19(23-16)24-9-8-14(25)12-24/h2-7,11,14,17,22,25H,8-10,12H2,1H3. The second kappa shape index (κ2) is 6.96. The number of benzene rings is 1. The number of hydrogen-bond donors (Lipinski definition) is 2. The van der Waals surface area contributed by atoms with Crippen molar-refractivity contribution in [3.63, 3.8) is 0 Å². The maximum Gasteiger partial charge on any atom is 0.134 e. The first kappa shape index (κ1) is 16.8. The van der Waals surface area contributed by atoms with Gasteiger partial charge >= 0.3 is 0 Å². The largest absolute Gasteiger partial charge is 0.496 e. The molecular weight excluding hydrogens is 333 g/mol. The van der Waals surface area contributed by atoms with E-state index in [-0.39, 0.29) is 18.0 Å². The monoisotopic (exact) mass is 355 g/mol. The lowest BCUT2D eigenvalue weighted by Crippen LogP contribution is -2.23. The smallest absolute Gasteiger partial charge is 0.134 e. The summed E-state index contributed by atoms with van der Waals surface area (Å²) in [6.45, 7) is 1.43. The van der Waals surface area contributed by atoms with Gasteiger partial charge in [0.1, 0.15) is 17.4 Å². The fourth-order valence-electron chi connectivity index (χ4n) is 3.65. The summed E-state index contributed by atoms with van der Waals surface area (Å²) < 4.78 is 19.7. The summed E-state index contributed by atoms with van der Waals surface area (Å²) in [6.07, 6.45) is 2.97. The Morgan fingerprint density at radius 2 is 2.12 bits per heavy atom. The molecular formula is C20H22FN3O2. The van der Waals surface area contributed by atoms with Gasteiger partial charge in [-0.2, -0.15) is 0 Å². The minimum atomic E-state index is -0.286. The summed E-state index contributed by atoms with van der Waals surface area (Å²) >= 11 is 0. The Balaban J connectivity index is 1.54. The minimum absolute atomic E-state index is 0.0122. The fourth-order valence-corrected chi connectivity index (χ4v) is 3.65. The molecule has 0 radical (unpaired) electrons. The van der Waals surface area contributed by atoms with Gasteiger partial charge < -0.3 is 20.1 Å². The molecule has 2 unspecified atom stereocenters. The van der Waals surface area contributed by atoms with Crippen molar-refractivity contribution >= 4 is 11.4 Å². The Kier molecular flexibility index (Phi) is 4.51. The number of nitrogens with one attached hydrogen (secondary N) is 1. The van der Waals surface area contributed by atoms with E-state index in [1.54, 1.807) is 19.2 Å². The molecule has 0 aliphatic carbocycles. The molecule has 0 saturated carbocycles. The van der Waals surface area contributed by atoms with Crippen LogP contribution in [0.15, 0.2) is 42.6 Å². The van der Waals surface area contributed by atoms with Crippen LogP contribution in [0.1, 0.15) is 30.1 Å². The van der Waals surface area contributed by atoms with Gasteiger partial charge in [0.15, 0.2) is 0 Å². The molecule has 0 spiro atoms. The van der Waals surface area contributed by atoms with Crippen LogP contribution >= 0.6 is 0 Å². The summed E-state index contributed by atoms with van der Waals surface area (Å²) in [6, 6.07) is 10.8. The summed E-state index contributed by atoms with van der Waals surface area (Å²) in [4.78, 5) is 6.85. The summed E-state index contributed by atoms with van der Waals surface area (Å²) in [5.74, 6) is 1.12. The van der Waals surface area contributed by atoms with Crippen molar-refractivity contribution in [2.24, 2.45) is 0 Å². The lowest BCUT2D eigenvalue weighted by molar-refractivity contribution is 0.198. The number of β-amino-alcohol motifs (C(OH)–C–C–N with tert-alkyl or cyclic N) is 1. The first-order valence-electron chi connectivity index (χ1n) is 8.83. The number of pyridine rings is 1. The molecule has 3 heterocycles. The number of hydrogen-bond acceptors (Lipinski definition) is 5. The van der Waals surface area contributed by atoms with Gasteiger partial charge in [0.2, 0.25) is 0 Å². The SMILES string of the molecule is COc1cccc(F)c1C1=CNC(c2cccc(N3CCC(O)C3)n2)C1. The molecule has 0 bridgehead atoms. The third kappa shape index (κ3) is 3.12. The number of rotatable bonds is 4. The maximum atomic E-state index is 14.3. The molecule has 26 heavy (non-hydrogen) atoms. The van der Waals surface area contributed by atoms with Gasteiger partial charge in [-0.05, 0) is 36.3 Å². The van der Waals surface area contributed by atoms with E-state index >= 15 is 0 Å². The molecule has 4 rings (SSSR count). The van der Waals surface area contributed by atoms with Gasteiger partial charge in [-0.15, -0.1) is 0 Å². The number of methoxy groups -OCH3 is 1. The second-order valence-electron chi connectivity index (χ2n) is 6.72. The molecule has 2 aliphatic rings. The van der Waals surface area contributed by atoms with Gasteiger partial charge in [0.05, 0.1) is 30.5 Å². The Bertz CT molecular complexity index is 840. The van der Waals surface area contributed by atoms with E-state index in [2.05, 4.69) is 10.2 Å². The van der Waals surface area contributed by atoms with Gasteiger partial charge in [-0.25, -0.2) is 9.37 Å². The highest BCUT2D eigenvalue weighted by Crippen LogP contribution is 2.37. The molecule has 6 heteroatoms. The van der Waals surface area contributed by atoms with Crippen LogP contribution in [-0.2, 0) is 0 Å². The summed E-state index contributed by atoms with van der Waals surface area (Å²) in [5, 5.41) is 13.1. The van der Waals surface area contributed by atoms with Crippen LogP contribution < -0.4 is 15.0 Å². The molecule has 1 aromatic carbocycles. The van der Waals surface area contributed by atoms with Crippen LogP contribution in [-0.4, -0.2) is 36.4 Å². The van der Waals surface area contributed by atoms with Gasteiger partial charge in [0.25, 0.3) is 0 Å². The minimum Gasteiger partial charge on any atom is -0.496 e. The van der Waals surface area contributed by atoms with E-state index in [0.717, 1.165) is 30.1 Å². The topological polar surface area (TPSA) is 57.6 Å². The number of ether oxygens (including phenoxy) is 1. The van der Waals surface area contributed by atoms with Crippen LogP contribution in [0.2, 0.25) is 0 Å². The van der Waals surface area contributed by atoms with E-state index in [9.17, 15) is 9.50 Å². The van der Waals surface area contributed by atoms with Crippen molar-refractivity contribution < 1.29 is 14.2 Å². The van der Waals surface area contributed by atoms with Crippen LogP contribution in [0.3, 0.4) is 0 Å². The van der Waals surface area contributed by atoms with Crippen molar-refractivity contribution in [3.8, 4) is 5.75 Å². The van der Waals surface area contributed by atoms with Crippen molar-refractivity contribution in [2.45, 2.75) is 25.0 Å². The van der Waals surface area contributed by atoms with Crippen molar-refractivity contribution in [1.29, 1.82) is 0 Å². The van der Waals surface area contributed by atoms with Gasteiger partial charge in [0, 0.05) is 25.7 Å². The molecule has 1 fully saturated rings. The van der Waals surface area contributed by atoms with Crippen LogP contribution in [0, 0.1) is 5.82 Å². The lowest BCUT2D eigenvalue weighted by atomic mass is 9.99. The number of aromatic nitrogens is 1. The van der Waals surface area contributed by atoms with E-state index in [4.69, 9.17) is 9.72 Å². The summed E-state index contributed by atoms with van der Waals surface area (Å²) in [7, 11) is 1.55. The van der Waals surface area contributed by atoms with E-state index < -0.39 is 0 Å². The molecule has 2 aliphatic heterocycles. The molecule has 0 amide bonds. The van der Waals surface area contributed by atoms with E-state index in [1.807, 2.05) is 24.4 Å². The highest BCUT2D eigenvalue weighted by atomic mass is 19.1. The number of aliphatic hydroxyl groups is 1. The molecule has 1 aromatic heterocycles. The number of nitrogens with zero attached hydrogens (tertiary/aromatic N) is 2. The Morgan fingerprint density at radius 3 is 2.88 bits per heavy atom. The Morgan fingerprint density at radius 1 is 1.27 bits per heavy atom. The highest BCUT2D eigenvalue weighted by Gasteiger charge is 2.26. The van der Waals surface area contributed by atoms with E-state index in [0.29, 0.717) is 24.3 Å². The molecule has 5 nitrogen and oxygen atoms in total. The van der Waals surface area contributed by atoms with Crippen molar-refractivity contribution in [3.05, 3.63) is 59.7 Å². The van der Waals surface area contributed by atoms with Crippen molar-refractivity contribution in [2.75, 3.05) is 25.1 Å². The molecule has 2 N–H and O–H groups in total. The third-order valence-corrected chi connectivity index (χ3v) is 5.00. The number of halogens is 1. The summed E-state index contributed by atoms with van der Waals surface area (Å²) in [5.41, 5.74) is 2.28. The van der Waals surface area contributed by atoms with Crippen LogP contribution in [0.25, 0.3) is 5.57 Å². The molecule has 2 aromatic rings. The van der Waals surface area contributed by atoms with Gasteiger partial charge in [-0.3, -0.25) is 0 Å². The predicted octanol–water partition coefficient (Wildman–Crippen LogP) is 2.88. The zero-order chi connectivity index (χ0) is 18.1. The first-order valence-corrected chi connectivity index (χ1v) is 8.83. The van der Waals surface area contributed by atoms with Crippen molar-refractivity contribution in [1.82, 2.24) is 10.3 Å². The molecule has 2 atom stereocenters. The molecule has 136 valence electrons. The van der Waals surface area contributed by atoms with Crippen LogP contribution in [0.5, 0.6) is 5.75 Å². The highest BCUT2D eigenvalue weighted by molar-refractivity contribution is 5.73. The average molecular weight is 355 g/mol. The molecule has 1 saturated heterocycles. The number of anilines is 1. The Labute approximate surface area is 152 Å². The number of aliphatic hydroxyl groups excluding tert-OH is 1. The second-order valence-corrected chi connectivity index (χ2v) is 6.72.